The van der Waals surface area contributed by atoms with Crippen molar-refractivity contribution in [3.8, 4) is 0 Å². The molecule has 344 valence electrons. The fourth-order valence-corrected chi connectivity index (χ4v) is 7.81. The van der Waals surface area contributed by atoms with Gasteiger partial charge in [0, 0.05) is 19.3 Å². The number of hydrogen-bond donors (Lipinski definition) is 0. The summed E-state index contributed by atoms with van der Waals surface area (Å²) in [7, 11) is 0. The summed E-state index contributed by atoms with van der Waals surface area (Å²) in [5.74, 6) is 0.794. The Morgan fingerprint density at radius 2 is 0.569 bits per heavy atom. The molecule has 0 heterocycles. The Kier molecular flexibility index (Phi) is 43.7. The van der Waals surface area contributed by atoms with E-state index in [1.54, 1.807) is 0 Å². The first-order valence-electron chi connectivity index (χ1n) is 25.7. The van der Waals surface area contributed by atoms with Crippen LogP contribution in [0.15, 0.2) is 0 Å². The Labute approximate surface area is 361 Å². The molecular weight excluding hydrogens is 721 g/mol. The lowest BCUT2D eigenvalue weighted by atomic mass is 10.0. The highest BCUT2D eigenvalue weighted by molar-refractivity contribution is 5.71. The van der Waals surface area contributed by atoms with Gasteiger partial charge < -0.3 is 14.2 Å². The van der Waals surface area contributed by atoms with Gasteiger partial charge in [0.05, 0.1) is 0 Å². The third kappa shape index (κ3) is 45.5. The van der Waals surface area contributed by atoms with Crippen molar-refractivity contribution in [1.82, 2.24) is 0 Å². The topological polar surface area (TPSA) is 78.9 Å². The van der Waals surface area contributed by atoms with Crippen molar-refractivity contribution in [3.05, 3.63) is 0 Å². The van der Waals surface area contributed by atoms with Crippen LogP contribution in [0.4, 0.5) is 0 Å². The summed E-state index contributed by atoms with van der Waals surface area (Å²) < 4.78 is 16.8. The van der Waals surface area contributed by atoms with Crippen LogP contribution < -0.4 is 0 Å². The second-order valence-electron chi connectivity index (χ2n) is 18.8. The molecule has 0 radical (unpaired) electrons. The molecule has 0 aromatic carbocycles. The largest absolute Gasteiger partial charge is 0.462 e. The Bertz CT molecular complexity index is 885. The lowest BCUT2D eigenvalue weighted by Crippen LogP contribution is -2.30. The number of hydrogen-bond acceptors (Lipinski definition) is 6. The molecule has 0 aromatic rings. The van der Waals surface area contributed by atoms with E-state index in [0.29, 0.717) is 19.3 Å². The molecule has 0 N–H and O–H groups in total. The first kappa shape index (κ1) is 56.4. The van der Waals surface area contributed by atoms with Crippen molar-refractivity contribution >= 4 is 17.9 Å². The van der Waals surface area contributed by atoms with E-state index in [2.05, 4.69) is 34.6 Å². The van der Waals surface area contributed by atoms with Gasteiger partial charge in [0.25, 0.3) is 0 Å². The maximum atomic E-state index is 12.8. The Hall–Kier alpha value is -1.59. The molecule has 0 saturated carbocycles. The zero-order valence-corrected chi connectivity index (χ0v) is 39.7. The van der Waals surface area contributed by atoms with Crippen LogP contribution in [0.2, 0.25) is 0 Å². The van der Waals surface area contributed by atoms with Gasteiger partial charge in [-0.3, -0.25) is 14.4 Å². The lowest BCUT2D eigenvalue weighted by molar-refractivity contribution is -0.167. The number of ether oxygens (including phenoxy) is 3. The van der Waals surface area contributed by atoms with Gasteiger partial charge in [-0.15, -0.1) is 0 Å². The average Bonchev–Trinajstić information content (AvgIpc) is 3.19. The lowest BCUT2D eigenvalue weighted by Gasteiger charge is -2.18. The van der Waals surface area contributed by atoms with Gasteiger partial charge in [0.15, 0.2) is 6.10 Å². The maximum absolute atomic E-state index is 12.8. The number of carbonyl (C=O) groups excluding carboxylic acids is 3. The van der Waals surface area contributed by atoms with Gasteiger partial charge in [-0.25, -0.2) is 0 Å². The SMILES string of the molecule is CCCCCCCCCCCCCCCC(=O)OC[C@H](COC(=O)CCCCCCCCCCCCCC(C)C)OC(=O)CCCCCCCCCCCCC(C)C. The summed E-state index contributed by atoms with van der Waals surface area (Å²) in [6, 6.07) is 0. The maximum Gasteiger partial charge on any atom is 0.306 e. The van der Waals surface area contributed by atoms with Crippen molar-refractivity contribution in [1.29, 1.82) is 0 Å². The summed E-state index contributed by atoms with van der Waals surface area (Å²) in [6.07, 6.45) is 45.1. The summed E-state index contributed by atoms with van der Waals surface area (Å²) in [5.41, 5.74) is 0. The molecule has 0 aliphatic heterocycles. The third-order valence-corrected chi connectivity index (χ3v) is 11.7. The van der Waals surface area contributed by atoms with Crippen LogP contribution in [0.3, 0.4) is 0 Å². The van der Waals surface area contributed by atoms with E-state index in [-0.39, 0.29) is 31.1 Å². The van der Waals surface area contributed by atoms with Crippen molar-refractivity contribution in [2.24, 2.45) is 11.8 Å². The minimum Gasteiger partial charge on any atom is -0.462 e. The number of unbranched alkanes of at least 4 members (excludes halogenated alkanes) is 31. The Balaban J connectivity index is 4.32. The second-order valence-corrected chi connectivity index (χ2v) is 18.8. The smallest absolute Gasteiger partial charge is 0.306 e. The highest BCUT2D eigenvalue weighted by atomic mass is 16.6. The van der Waals surface area contributed by atoms with Crippen molar-refractivity contribution in [2.75, 3.05) is 13.2 Å². The van der Waals surface area contributed by atoms with Crippen LogP contribution in [0.1, 0.15) is 285 Å². The first-order valence-corrected chi connectivity index (χ1v) is 25.7. The third-order valence-electron chi connectivity index (χ3n) is 11.7. The summed E-state index contributed by atoms with van der Waals surface area (Å²) in [6.45, 7) is 11.4. The molecule has 6 heteroatoms. The molecule has 0 fully saturated rings. The van der Waals surface area contributed by atoms with E-state index in [4.69, 9.17) is 14.2 Å². The second kappa shape index (κ2) is 44.9. The first-order chi connectivity index (χ1) is 28.2. The van der Waals surface area contributed by atoms with Crippen LogP contribution in [-0.2, 0) is 28.6 Å². The fourth-order valence-electron chi connectivity index (χ4n) is 7.81. The monoisotopic (exact) mass is 821 g/mol. The van der Waals surface area contributed by atoms with Crippen LogP contribution in [-0.4, -0.2) is 37.2 Å². The van der Waals surface area contributed by atoms with E-state index >= 15 is 0 Å². The fraction of sp³-hybridized carbons (Fsp3) is 0.942. The minimum atomic E-state index is -0.761. The minimum absolute atomic E-state index is 0.0638. The quantitative estimate of drug-likeness (QED) is 0.0346. The van der Waals surface area contributed by atoms with Crippen molar-refractivity contribution < 1.29 is 28.6 Å². The highest BCUT2D eigenvalue weighted by Gasteiger charge is 2.19. The molecule has 0 aromatic heterocycles. The van der Waals surface area contributed by atoms with Crippen LogP contribution in [0.25, 0.3) is 0 Å². The number of esters is 3. The van der Waals surface area contributed by atoms with Gasteiger partial charge in [-0.05, 0) is 31.1 Å². The molecule has 0 unspecified atom stereocenters. The Morgan fingerprint density at radius 1 is 0.328 bits per heavy atom. The molecule has 0 aliphatic rings. The molecule has 0 rings (SSSR count). The normalized spacial score (nSPS) is 12.1. The molecule has 58 heavy (non-hydrogen) atoms. The summed E-state index contributed by atoms with van der Waals surface area (Å²) >= 11 is 0. The van der Waals surface area contributed by atoms with E-state index in [1.165, 1.54) is 173 Å². The Morgan fingerprint density at radius 3 is 0.845 bits per heavy atom. The van der Waals surface area contributed by atoms with Crippen molar-refractivity contribution in [3.63, 3.8) is 0 Å². The molecule has 0 bridgehead atoms. The molecule has 6 nitrogen and oxygen atoms in total. The molecular formula is C52H100O6. The van der Waals surface area contributed by atoms with Gasteiger partial charge >= 0.3 is 17.9 Å². The van der Waals surface area contributed by atoms with Crippen LogP contribution >= 0.6 is 0 Å². The molecule has 0 spiro atoms. The van der Waals surface area contributed by atoms with Gasteiger partial charge in [0.1, 0.15) is 13.2 Å². The predicted octanol–water partition coefficient (Wildman–Crippen LogP) is 16.5. The van der Waals surface area contributed by atoms with Crippen molar-refractivity contribution in [2.45, 2.75) is 291 Å². The molecule has 0 aliphatic carbocycles. The zero-order valence-electron chi connectivity index (χ0n) is 39.7. The summed E-state index contributed by atoms with van der Waals surface area (Å²) in [4.78, 5) is 37.9. The molecule has 0 amide bonds. The van der Waals surface area contributed by atoms with E-state index in [9.17, 15) is 14.4 Å². The van der Waals surface area contributed by atoms with Gasteiger partial charge in [-0.2, -0.15) is 0 Å². The highest BCUT2D eigenvalue weighted by Crippen LogP contribution is 2.17. The standard InChI is InChI=1S/C52H100O6/c1-6-7-8-9-10-11-12-13-16-22-27-32-37-42-50(53)56-45-49(58-52(55)44-39-34-29-24-19-18-21-26-31-36-41-48(4)5)46-57-51(54)43-38-33-28-23-17-14-15-20-25-30-35-40-47(2)3/h47-49H,6-46H2,1-5H3/t49-/m1/s1. The number of rotatable bonds is 46. The summed E-state index contributed by atoms with van der Waals surface area (Å²) in [5, 5.41) is 0. The molecule has 0 saturated heterocycles. The van der Waals surface area contributed by atoms with Crippen LogP contribution in [0.5, 0.6) is 0 Å². The predicted molar refractivity (Wildman–Crippen MR) is 247 cm³/mol. The average molecular weight is 821 g/mol. The zero-order chi connectivity index (χ0) is 42.6. The van der Waals surface area contributed by atoms with E-state index in [0.717, 1.165) is 69.6 Å². The van der Waals surface area contributed by atoms with Gasteiger partial charge in [-0.1, -0.05) is 247 Å². The molecule has 1 atom stereocenters. The van der Waals surface area contributed by atoms with E-state index in [1.807, 2.05) is 0 Å². The number of carbonyl (C=O) groups is 3. The van der Waals surface area contributed by atoms with Crippen LogP contribution in [0, 0.1) is 11.8 Å². The van der Waals surface area contributed by atoms with E-state index < -0.39 is 6.10 Å². The van der Waals surface area contributed by atoms with Gasteiger partial charge in [0.2, 0.25) is 0 Å².